The van der Waals surface area contributed by atoms with Crippen molar-refractivity contribution in [1.29, 1.82) is 0 Å². The third kappa shape index (κ3) is 1.38. The molecule has 0 radical (unpaired) electrons. The molecule has 0 aliphatic rings. The van der Waals surface area contributed by atoms with Crippen LogP contribution in [-0.4, -0.2) is 16.7 Å². The minimum Gasteiger partial charge on any atom is -0.495 e. The van der Waals surface area contributed by atoms with E-state index in [0.717, 1.165) is 21.3 Å². The number of methoxy groups -OCH3 is 1. The average molecular weight is 256 g/mol. The van der Waals surface area contributed by atoms with E-state index in [1.165, 1.54) is 0 Å². The van der Waals surface area contributed by atoms with Crippen LogP contribution in [0, 0.1) is 0 Å². The zero-order valence-electron chi connectivity index (χ0n) is 7.70. The normalized spacial score (nSPS) is 10.8. The number of halogens is 1. The number of ether oxygens (including phenoxy) is 1. The third-order valence-corrected chi connectivity index (χ3v) is 2.68. The Balaban J connectivity index is 2.72. The molecule has 0 aromatic carbocycles. The molecule has 0 saturated heterocycles. The first kappa shape index (κ1) is 9.48. The lowest BCUT2D eigenvalue weighted by Gasteiger charge is -2.03. The number of hydrogen-bond donors (Lipinski definition) is 1. The van der Waals surface area contributed by atoms with E-state index in [-0.39, 0.29) is 0 Å². The van der Waals surface area contributed by atoms with Gasteiger partial charge in [-0.25, -0.2) is 4.52 Å². The van der Waals surface area contributed by atoms with Crippen molar-refractivity contribution in [2.75, 3.05) is 7.11 Å². The van der Waals surface area contributed by atoms with Crippen LogP contribution in [0.5, 0.6) is 5.75 Å². The smallest absolute Gasteiger partial charge is 0.138 e. The van der Waals surface area contributed by atoms with Gasteiger partial charge in [-0.15, -0.1) is 0 Å². The second-order valence-corrected chi connectivity index (χ2v) is 3.75. The summed E-state index contributed by atoms with van der Waals surface area (Å²) in [5.41, 5.74) is 7.60. The topological polar surface area (TPSA) is 52.5 Å². The predicted molar refractivity (Wildman–Crippen MR) is 57.3 cm³/mol. The predicted octanol–water partition coefficient (Wildman–Crippen LogP) is 1.56. The fourth-order valence-electron chi connectivity index (χ4n) is 1.37. The first-order chi connectivity index (χ1) is 6.76. The molecule has 0 aliphatic heterocycles. The Kier molecular flexibility index (Phi) is 2.43. The lowest BCUT2D eigenvalue weighted by molar-refractivity contribution is 0.411. The fourth-order valence-corrected chi connectivity index (χ4v) is 2.03. The number of hydrogen-bond acceptors (Lipinski definition) is 3. The van der Waals surface area contributed by atoms with Crippen LogP contribution in [0.3, 0.4) is 0 Å². The highest BCUT2D eigenvalue weighted by molar-refractivity contribution is 9.10. The van der Waals surface area contributed by atoms with Crippen molar-refractivity contribution in [3.8, 4) is 5.75 Å². The van der Waals surface area contributed by atoms with Gasteiger partial charge in [-0.05, 0) is 22.0 Å². The Hall–Kier alpha value is -1.07. The van der Waals surface area contributed by atoms with E-state index in [1.807, 2.05) is 12.3 Å². The molecule has 0 fully saturated rings. The molecule has 2 aromatic rings. The quantitative estimate of drug-likeness (QED) is 0.887. The Morgan fingerprint density at radius 1 is 1.64 bits per heavy atom. The summed E-state index contributed by atoms with van der Waals surface area (Å²) in [6.45, 7) is 0.481. The van der Waals surface area contributed by atoms with Gasteiger partial charge < -0.3 is 10.5 Å². The molecule has 5 heteroatoms. The largest absolute Gasteiger partial charge is 0.495 e. The summed E-state index contributed by atoms with van der Waals surface area (Å²) in [6, 6.07) is 1.90. The maximum absolute atomic E-state index is 5.59. The molecule has 4 nitrogen and oxygen atoms in total. The van der Waals surface area contributed by atoms with E-state index in [4.69, 9.17) is 10.5 Å². The highest BCUT2D eigenvalue weighted by atomic mass is 79.9. The summed E-state index contributed by atoms with van der Waals surface area (Å²) in [5, 5.41) is 4.19. The number of pyridine rings is 1. The fraction of sp³-hybridized carbons (Fsp3) is 0.222. The van der Waals surface area contributed by atoms with Gasteiger partial charge in [0, 0.05) is 16.6 Å². The minimum atomic E-state index is 0.481. The molecule has 0 amide bonds. The van der Waals surface area contributed by atoms with Crippen LogP contribution in [0.25, 0.3) is 5.52 Å². The summed E-state index contributed by atoms with van der Waals surface area (Å²) < 4.78 is 7.82. The van der Waals surface area contributed by atoms with Crippen molar-refractivity contribution < 1.29 is 4.74 Å². The van der Waals surface area contributed by atoms with Gasteiger partial charge in [0.05, 0.1) is 25.0 Å². The molecule has 0 unspecified atom stereocenters. The molecule has 0 aliphatic carbocycles. The maximum Gasteiger partial charge on any atom is 0.138 e. The van der Waals surface area contributed by atoms with Gasteiger partial charge >= 0.3 is 0 Å². The second-order valence-electron chi connectivity index (χ2n) is 2.89. The Labute approximate surface area is 89.8 Å². The summed E-state index contributed by atoms with van der Waals surface area (Å²) in [5.74, 6) is 0.760. The van der Waals surface area contributed by atoms with E-state index in [0.29, 0.717) is 6.54 Å². The SMILES string of the molecule is COc1cc(Br)c2c(CN)cnn2c1. The lowest BCUT2D eigenvalue weighted by Crippen LogP contribution is -1.96. The second kappa shape index (κ2) is 3.59. The van der Waals surface area contributed by atoms with Gasteiger partial charge in [0.15, 0.2) is 0 Å². The van der Waals surface area contributed by atoms with Crippen LogP contribution in [0.4, 0.5) is 0 Å². The van der Waals surface area contributed by atoms with E-state index in [1.54, 1.807) is 17.8 Å². The van der Waals surface area contributed by atoms with Gasteiger partial charge in [-0.2, -0.15) is 5.10 Å². The molecule has 2 aromatic heterocycles. The van der Waals surface area contributed by atoms with Crippen molar-refractivity contribution in [2.24, 2.45) is 5.73 Å². The first-order valence-corrected chi connectivity index (χ1v) is 4.95. The lowest BCUT2D eigenvalue weighted by atomic mass is 10.2. The molecule has 0 bridgehead atoms. The molecule has 2 heterocycles. The van der Waals surface area contributed by atoms with E-state index in [2.05, 4.69) is 21.0 Å². The van der Waals surface area contributed by atoms with Crippen LogP contribution in [0.15, 0.2) is 22.9 Å². The van der Waals surface area contributed by atoms with Crippen molar-refractivity contribution in [1.82, 2.24) is 9.61 Å². The summed E-state index contributed by atoms with van der Waals surface area (Å²) in [4.78, 5) is 0. The van der Waals surface area contributed by atoms with Crippen LogP contribution in [0.1, 0.15) is 5.56 Å². The van der Waals surface area contributed by atoms with Crippen molar-refractivity contribution in [3.05, 3.63) is 28.5 Å². The van der Waals surface area contributed by atoms with Crippen LogP contribution in [-0.2, 0) is 6.54 Å². The molecular formula is C9H10BrN3O. The highest BCUT2D eigenvalue weighted by Gasteiger charge is 2.07. The average Bonchev–Trinajstić information content (AvgIpc) is 2.61. The van der Waals surface area contributed by atoms with Crippen LogP contribution >= 0.6 is 15.9 Å². The first-order valence-electron chi connectivity index (χ1n) is 4.16. The van der Waals surface area contributed by atoms with Crippen LogP contribution < -0.4 is 10.5 Å². The zero-order valence-corrected chi connectivity index (χ0v) is 9.28. The summed E-state index contributed by atoms with van der Waals surface area (Å²) >= 11 is 3.46. The maximum atomic E-state index is 5.59. The summed E-state index contributed by atoms with van der Waals surface area (Å²) in [7, 11) is 1.63. The van der Waals surface area contributed by atoms with Crippen LogP contribution in [0.2, 0.25) is 0 Å². The number of rotatable bonds is 2. The Bertz CT molecular complexity index is 466. The standard InChI is InChI=1S/C9H10BrN3O/c1-14-7-2-8(10)9-6(3-11)4-12-13(9)5-7/h2,4-5H,3,11H2,1H3. The molecule has 74 valence electrons. The molecule has 2 rings (SSSR count). The molecular weight excluding hydrogens is 246 g/mol. The monoisotopic (exact) mass is 255 g/mol. The summed E-state index contributed by atoms with van der Waals surface area (Å²) in [6.07, 6.45) is 3.58. The van der Waals surface area contributed by atoms with E-state index in [9.17, 15) is 0 Å². The van der Waals surface area contributed by atoms with Crippen molar-refractivity contribution in [2.45, 2.75) is 6.54 Å². The van der Waals surface area contributed by atoms with Gasteiger partial charge in [-0.1, -0.05) is 0 Å². The van der Waals surface area contributed by atoms with Gasteiger partial charge in [0.1, 0.15) is 5.75 Å². The molecule has 0 spiro atoms. The van der Waals surface area contributed by atoms with Crippen molar-refractivity contribution >= 4 is 21.4 Å². The molecule has 2 N–H and O–H groups in total. The highest BCUT2D eigenvalue weighted by Crippen LogP contribution is 2.25. The zero-order chi connectivity index (χ0) is 10.1. The van der Waals surface area contributed by atoms with E-state index < -0.39 is 0 Å². The number of fused-ring (bicyclic) bond motifs is 1. The van der Waals surface area contributed by atoms with Crippen molar-refractivity contribution in [3.63, 3.8) is 0 Å². The Morgan fingerprint density at radius 3 is 3.07 bits per heavy atom. The number of aromatic nitrogens is 2. The number of nitrogens with zero attached hydrogens (tertiary/aromatic N) is 2. The number of nitrogens with two attached hydrogens (primary N) is 1. The molecule has 14 heavy (non-hydrogen) atoms. The van der Waals surface area contributed by atoms with E-state index >= 15 is 0 Å². The van der Waals surface area contributed by atoms with Gasteiger partial charge in [0.2, 0.25) is 0 Å². The molecule has 0 saturated carbocycles. The molecule has 0 atom stereocenters. The van der Waals surface area contributed by atoms with Gasteiger partial charge in [-0.3, -0.25) is 0 Å². The van der Waals surface area contributed by atoms with Gasteiger partial charge in [0.25, 0.3) is 0 Å². The Morgan fingerprint density at radius 2 is 2.43 bits per heavy atom. The minimum absolute atomic E-state index is 0.481. The third-order valence-electron chi connectivity index (χ3n) is 2.07.